The van der Waals surface area contributed by atoms with E-state index < -0.39 is 0 Å². The Bertz CT molecular complexity index is 739. The minimum absolute atomic E-state index is 0.0439. The predicted octanol–water partition coefficient (Wildman–Crippen LogP) is 5.29. The molecular weight excluding hydrogens is 370 g/mol. The fourth-order valence-corrected chi connectivity index (χ4v) is 9.84. The van der Waals surface area contributed by atoms with Gasteiger partial charge in [-0.15, -0.1) is 0 Å². The molecule has 2 aliphatic heterocycles. The van der Waals surface area contributed by atoms with Gasteiger partial charge in [-0.05, 0) is 98.2 Å². The van der Waals surface area contributed by atoms with Crippen LogP contribution in [0.25, 0.3) is 0 Å². The summed E-state index contributed by atoms with van der Waals surface area (Å²) in [5, 5.41) is 14.1. The van der Waals surface area contributed by atoms with Crippen molar-refractivity contribution in [2.24, 2.45) is 46.3 Å². The van der Waals surface area contributed by atoms with E-state index in [9.17, 15) is 5.11 Å². The van der Waals surface area contributed by atoms with Crippen LogP contribution in [0, 0.1) is 46.3 Å². The number of ether oxygens (including phenoxy) is 1. The molecule has 2 N–H and O–H groups in total. The van der Waals surface area contributed by atoms with E-state index in [2.05, 4.69) is 39.1 Å². The first kappa shape index (κ1) is 20.2. The molecule has 11 atom stereocenters. The van der Waals surface area contributed by atoms with Gasteiger partial charge in [0, 0.05) is 12.5 Å². The summed E-state index contributed by atoms with van der Waals surface area (Å²) in [7, 11) is 0. The molecule has 0 aromatic rings. The lowest BCUT2D eigenvalue weighted by atomic mass is 9.47. The van der Waals surface area contributed by atoms with Crippen molar-refractivity contribution in [3.05, 3.63) is 11.6 Å². The molecule has 5 fully saturated rings. The van der Waals surface area contributed by atoms with Gasteiger partial charge in [0.05, 0.1) is 12.2 Å². The maximum absolute atomic E-state index is 10.3. The lowest BCUT2D eigenvalue weighted by Crippen LogP contribution is -2.57. The van der Waals surface area contributed by atoms with Gasteiger partial charge in [-0.25, -0.2) is 0 Å². The summed E-state index contributed by atoms with van der Waals surface area (Å²) >= 11 is 0. The van der Waals surface area contributed by atoms with Gasteiger partial charge >= 0.3 is 0 Å². The molecule has 0 amide bonds. The molecular formula is C27H43NO2. The molecule has 0 aromatic carbocycles. The Balaban J connectivity index is 1.28. The minimum atomic E-state index is -0.100. The molecule has 3 heteroatoms. The number of nitrogens with one attached hydrogen (secondary N) is 1. The highest BCUT2D eigenvalue weighted by atomic mass is 16.5. The Kier molecular flexibility index (Phi) is 4.44. The van der Waals surface area contributed by atoms with Gasteiger partial charge in [-0.2, -0.15) is 0 Å². The van der Waals surface area contributed by atoms with Crippen LogP contribution in [-0.2, 0) is 4.74 Å². The minimum Gasteiger partial charge on any atom is -0.393 e. The molecule has 30 heavy (non-hydrogen) atoms. The highest BCUT2D eigenvalue weighted by Gasteiger charge is 2.68. The van der Waals surface area contributed by atoms with Crippen LogP contribution in [0.4, 0.5) is 0 Å². The van der Waals surface area contributed by atoms with Crippen LogP contribution < -0.4 is 5.32 Å². The summed E-state index contributed by atoms with van der Waals surface area (Å²) in [6.07, 6.45) is 13.8. The third-order valence-corrected chi connectivity index (χ3v) is 11.6. The maximum Gasteiger partial charge on any atom is 0.122 e. The van der Waals surface area contributed by atoms with Crippen molar-refractivity contribution < 1.29 is 9.84 Å². The van der Waals surface area contributed by atoms with Crippen molar-refractivity contribution in [3.63, 3.8) is 0 Å². The fourth-order valence-electron chi connectivity index (χ4n) is 9.84. The summed E-state index contributed by atoms with van der Waals surface area (Å²) in [6, 6.07) is 0. The Labute approximate surface area is 183 Å². The highest BCUT2D eigenvalue weighted by molar-refractivity contribution is 5.26. The first-order chi connectivity index (χ1) is 14.3. The molecule has 6 rings (SSSR count). The topological polar surface area (TPSA) is 41.5 Å². The summed E-state index contributed by atoms with van der Waals surface area (Å²) in [5.74, 6) is 4.58. The van der Waals surface area contributed by atoms with Gasteiger partial charge in [-0.3, -0.25) is 5.32 Å². The molecule has 168 valence electrons. The van der Waals surface area contributed by atoms with Crippen LogP contribution in [-0.4, -0.2) is 29.6 Å². The first-order valence-corrected chi connectivity index (χ1v) is 13.1. The molecule has 4 aliphatic carbocycles. The van der Waals surface area contributed by atoms with Crippen molar-refractivity contribution in [2.45, 2.75) is 103 Å². The molecule has 0 bridgehead atoms. The third kappa shape index (κ3) is 2.55. The summed E-state index contributed by atoms with van der Waals surface area (Å²) < 4.78 is 7.00. The third-order valence-electron chi connectivity index (χ3n) is 11.6. The van der Waals surface area contributed by atoms with E-state index in [4.69, 9.17) is 4.74 Å². The number of hydrogen-bond acceptors (Lipinski definition) is 3. The van der Waals surface area contributed by atoms with E-state index >= 15 is 0 Å². The lowest BCUT2D eigenvalue weighted by molar-refractivity contribution is -0.115. The average molecular weight is 414 g/mol. The zero-order valence-electron chi connectivity index (χ0n) is 19.6. The quantitative estimate of drug-likeness (QED) is 0.530. The SMILES string of the molecule is C[C@@H]1CC[C@@]2(NC1)O[C@H]1C[C@H]3[C@@H]4CC=C5C[C@H](O)CC[C@]5(C)[C@@H]4CC[C@]3(C)[C@H]1[C@@H]2C. The Morgan fingerprint density at radius 1 is 1.07 bits per heavy atom. The molecule has 2 saturated heterocycles. The van der Waals surface area contributed by atoms with Crippen molar-refractivity contribution in [3.8, 4) is 0 Å². The summed E-state index contributed by atoms with van der Waals surface area (Å²) in [5.41, 5.74) is 2.33. The van der Waals surface area contributed by atoms with E-state index in [0.29, 0.717) is 22.9 Å². The van der Waals surface area contributed by atoms with Gasteiger partial charge in [0.25, 0.3) is 0 Å². The van der Waals surface area contributed by atoms with Gasteiger partial charge in [0.1, 0.15) is 5.72 Å². The lowest BCUT2D eigenvalue weighted by Gasteiger charge is -2.58. The molecule has 6 aliphatic rings. The summed E-state index contributed by atoms with van der Waals surface area (Å²) in [4.78, 5) is 0. The van der Waals surface area contributed by atoms with Gasteiger partial charge in [-0.1, -0.05) is 39.3 Å². The smallest absolute Gasteiger partial charge is 0.122 e. The molecule has 0 radical (unpaired) electrons. The van der Waals surface area contributed by atoms with Crippen LogP contribution in [0.2, 0.25) is 0 Å². The van der Waals surface area contributed by atoms with Gasteiger partial charge in [0.15, 0.2) is 0 Å². The molecule has 0 aromatic heterocycles. The zero-order chi connectivity index (χ0) is 20.9. The van der Waals surface area contributed by atoms with E-state index in [1.54, 1.807) is 5.57 Å². The number of fused-ring (bicyclic) bond motifs is 7. The number of rotatable bonds is 0. The first-order valence-electron chi connectivity index (χ1n) is 13.1. The number of aliphatic hydroxyl groups excluding tert-OH is 1. The monoisotopic (exact) mass is 413 g/mol. The maximum atomic E-state index is 10.3. The van der Waals surface area contributed by atoms with Gasteiger partial charge in [0.2, 0.25) is 0 Å². The van der Waals surface area contributed by atoms with E-state index in [1.165, 1.54) is 44.9 Å². The number of hydrogen-bond donors (Lipinski definition) is 2. The van der Waals surface area contributed by atoms with Crippen molar-refractivity contribution in [2.75, 3.05) is 6.54 Å². The summed E-state index contributed by atoms with van der Waals surface area (Å²) in [6.45, 7) is 11.2. The Hall–Kier alpha value is -0.380. The molecule has 0 unspecified atom stereocenters. The largest absolute Gasteiger partial charge is 0.393 e. The van der Waals surface area contributed by atoms with Crippen LogP contribution >= 0.6 is 0 Å². The second-order valence-corrected chi connectivity index (χ2v) is 12.8. The second kappa shape index (κ2) is 6.58. The number of piperidine rings is 1. The van der Waals surface area contributed by atoms with E-state index in [1.807, 2.05) is 0 Å². The zero-order valence-corrected chi connectivity index (χ0v) is 19.6. The van der Waals surface area contributed by atoms with E-state index in [-0.39, 0.29) is 11.8 Å². The molecule has 3 saturated carbocycles. The number of allylic oxidation sites excluding steroid dienone is 1. The normalized spacial score (nSPS) is 59.8. The van der Waals surface area contributed by atoms with Crippen LogP contribution in [0.5, 0.6) is 0 Å². The number of aliphatic hydroxyl groups is 1. The molecule has 3 nitrogen and oxygen atoms in total. The Morgan fingerprint density at radius 2 is 1.90 bits per heavy atom. The van der Waals surface area contributed by atoms with Gasteiger partial charge < -0.3 is 9.84 Å². The molecule has 2 heterocycles. The van der Waals surface area contributed by atoms with Crippen molar-refractivity contribution in [1.82, 2.24) is 5.32 Å². The van der Waals surface area contributed by atoms with Crippen LogP contribution in [0.1, 0.15) is 85.5 Å². The van der Waals surface area contributed by atoms with Crippen LogP contribution in [0.15, 0.2) is 11.6 Å². The van der Waals surface area contributed by atoms with Crippen LogP contribution in [0.3, 0.4) is 0 Å². The predicted molar refractivity (Wildman–Crippen MR) is 120 cm³/mol. The Morgan fingerprint density at radius 3 is 2.67 bits per heavy atom. The van der Waals surface area contributed by atoms with Crippen molar-refractivity contribution >= 4 is 0 Å². The van der Waals surface area contributed by atoms with E-state index in [0.717, 1.165) is 49.0 Å². The average Bonchev–Trinajstić information content (AvgIpc) is 3.16. The fraction of sp³-hybridized carbons (Fsp3) is 0.926. The molecule has 1 spiro atoms. The standard InChI is InChI=1S/C27H43NO2/c1-16-7-12-27(28-15-16)17(2)24-23(30-27)14-22-20-6-5-18-13-19(29)8-10-25(18,3)21(20)9-11-26(22,24)4/h5,16-17,19-24,28-29H,6-15H2,1-4H3/t16-,17+,19-,20-,21-,22+,23+,24+,25+,26+,27-/m1/s1. The van der Waals surface area contributed by atoms with Crippen molar-refractivity contribution in [1.29, 1.82) is 0 Å². The second-order valence-electron chi connectivity index (χ2n) is 12.8. The highest BCUT2D eigenvalue weighted by Crippen LogP contribution is 2.70.